The van der Waals surface area contributed by atoms with E-state index in [-0.39, 0.29) is 17.3 Å². The number of nitrogens with one attached hydrogen (secondary N) is 1. The molecule has 1 N–H and O–H groups in total. The van der Waals surface area contributed by atoms with Gasteiger partial charge in [0.25, 0.3) is 0 Å². The van der Waals surface area contributed by atoms with Gasteiger partial charge in [0, 0.05) is 31.4 Å². The van der Waals surface area contributed by atoms with Gasteiger partial charge < -0.3 is 10.2 Å². The predicted molar refractivity (Wildman–Crippen MR) is 103 cm³/mol. The summed E-state index contributed by atoms with van der Waals surface area (Å²) in [6, 6.07) is 14.9. The van der Waals surface area contributed by atoms with Gasteiger partial charge in [0.05, 0.1) is 11.4 Å². The Balaban J connectivity index is 1.61. The second-order valence-corrected chi connectivity index (χ2v) is 8.36. The van der Waals surface area contributed by atoms with Crippen LogP contribution in [-0.4, -0.2) is 44.7 Å². The van der Waals surface area contributed by atoms with Gasteiger partial charge in [0.15, 0.2) is 0 Å². The molecule has 0 bridgehead atoms. The molecule has 3 rings (SSSR count). The average molecular weight is 387 g/mol. The Morgan fingerprint density at radius 1 is 1.11 bits per heavy atom. The maximum atomic E-state index is 12.5. The van der Waals surface area contributed by atoms with E-state index >= 15 is 0 Å². The summed E-state index contributed by atoms with van der Waals surface area (Å²) in [5, 5.41) is 2.68. The number of benzene rings is 2. The number of hydrogen-bond acceptors (Lipinski definition) is 4. The lowest BCUT2D eigenvalue weighted by Crippen LogP contribution is -2.34. The zero-order valence-corrected chi connectivity index (χ0v) is 15.8. The van der Waals surface area contributed by atoms with E-state index < -0.39 is 15.9 Å². The lowest BCUT2D eigenvalue weighted by Gasteiger charge is -2.18. The molecule has 1 saturated heterocycles. The number of likely N-dealkylation sites (N-methyl/N-ethyl adjacent to an activating group) is 1. The van der Waals surface area contributed by atoms with Crippen molar-refractivity contribution in [2.75, 3.05) is 30.4 Å². The third kappa shape index (κ3) is 4.35. The van der Waals surface area contributed by atoms with Crippen molar-refractivity contribution in [2.45, 2.75) is 17.7 Å². The molecule has 2 amide bonds. The van der Waals surface area contributed by atoms with Crippen LogP contribution in [0.1, 0.15) is 12.8 Å². The fourth-order valence-electron chi connectivity index (χ4n) is 2.91. The number of amides is 2. The molecule has 0 atom stereocenters. The summed E-state index contributed by atoms with van der Waals surface area (Å²) in [6.45, 7) is 0.399. The molecule has 1 fully saturated rings. The summed E-state index contributed by atoms with van der Waals surface area (Å²) < 4.78 is 25.9. The quantitative estimate of drug-likeness (QED) is 0.822. The molecular formula is C19H21N3O4S. The fraction of sp³-hybridized carbons (Fsp3) is 0.263. The maximum absolute atomic E-state index is 12.5. The molecule has 0 saturated carbocycles. The lowest BCUT2D eigenvalue weighted by atomic mass is 10.2. The van der Waals surface area contributed by atoms with E-state index in [1.54, 1.807) is 47.4 Å². The van der Waals surface area contributed by atoms with Crippen molar-refractivity contribution < 1.29 is 18.0 Å². The van der Waals surface area contributed by atoms with Crippen molar-refractivity contribution in [1.29, 1.82) is 0 Å². The van der Waals surface area contributed by atoms with Crippen LogP contribution in [0.15, 0.2) is 59.5 Å². The smallest absolute Gasteiger partial charge is 0.243 e. The molecule has 0 unspecified atom stereocenters. The van der Waals surface area contributed by atoms with Crippen LogP contribution in [-0.2, 0) is 19.6 Å². The van der Waals surface area contributed by atoms with Crippen molar-refractivity contribution >= 4 is 33.2 Å². The first-order valence-electron chi connectivity index (χ1n) is 8.59. The molecular weight excluding hydrogens is 366 g/mol. The summed E-state index contributed by atoms with van der Waals surface area (Å²) in [6.07, 6.45) is 1.40. The van der Waals surface area contributed by atoms with Crippen molar-refractivity contribution in [1.82, 2.24) is 4.31 Å². The fourth-order valence-corrected chi connectivity index (χ4v) is 4.05. The van der Waals surface area contributed by atoms with Gasteiger partial charge in [-0.15, -0.1) is 0 Å². The van der Waals surface area contributed by atoms with E-state index in [0.717, 1.165) is 16.4 Å². The van der Waals surface area contributed by atoms with Crippen molar-refractivity contribution in [3.63, 3.8) is 0 Å². The Morgan fingerprint density at radius 3 is 2.37 bits per heavy atom. The van der Waals surface area contributed by atoms with Gasteiger partial charge in [0.2, 0.25) is 21.8 Å². The largest absolute Gasteiger partial charge is 0.325 e. The van der Waals surface area contributed by atoms with Gasteiger partial charge >= 0.3 is 0 Å². The van der Waals surface area contributed by atoms with Crippen molar-refractivity contribution in [3.05, 3.63) is 54.6 Å². The Morgan fingerprint density at radius 2 is 1.78 bits per heavy atom. The first-order chi connectivity index (χ1) is 12.9. The molecule has 0 aliphatic carbocycles. The first kappa shape index (κ1) is 19.1. The minimum Gasteiger partial charge on any atom is -0.325 e. The summed E-state index contributed by atoms with van der Waals surface area (Å²) >= 11 is 0. The average Bonchev–Trinajstić information content (AvgIpc) is 3.09. The Labute approximate surface area is 158 Å². The zero-order valence-electron chi connectivity index (χ0n) is 15.0. The molecule has 142 valence electrons. The molecule has 1 aliphatic heterocycles. The number of anilines is 2. The molecule has 2 aromatic rings. The number of rotatable bonds is 6. The minimum absolute atomic E-state index is 0.0968. The molecule has 27 heavy (non-hydrogen) atoms. The third-order valence-corrected chi connectivity index (χ3v) is 6.17. The highest BCUT2D eigenvalue weighted by atomic mass is 32.2. The van der Waals surface area contributed by atoms with Crippen LogP contribution in [0.4, 0.5) is 11.4 Å². The van der Waals surface area contributed by atoms with Crippen LogP contribution >= 0.6 is 0 Å². The normalized spacial score (nSPS) is 14.6. The van der Waals surface area contributed by atoms with E-state index in [4.69, 9.17) is 0 Å². The van der Waals surface area contributed by atoms with Gasteiger partial charge in [-0.3, -0.25) is 9.59 Å². The van der Waals surface area contributed by atoms with Crippen LogP contribution in [0.5, 0.6) is 0 Å². The summed E-state index contributed by atoms with van der Waals surface area (Å²) in [5.41, 5.74) is 1.33. The van der Waals surface area contributed by atoms with Gasteiger partial charge in [-0.25, -0.2) is 8.42 Å². The van der Waals surface area contributed by atoms with Gasteiger partial charge in [-0.05, 0) is 42.8 Å². The van der Waals surface area contributed by atoms with Crippen LogP contribution < -0.4 is 10.2 Å². The van der Waals surface area contributed by atoms with E-state index in [1.807, 2.05) is 0 Å². The first-order valence-corrected chi connectivity index (χ1v) is 10.0. The standard InChI is InChI=1S/C19H21N3O4S/c1-21(27(25,26)17-6-3-2-4-7-17)14-18(23)20-15-9-11-16(12-10-15)22-13-5-8-19(22)24/h2-4,6-7,9-12H,5,8,13-14H2,1H3,(H,20,23). The van der Waals surface area contributed by atoms with Gasteiger partial charge in [0.1, 0.15) is 0 Å². The predicted octanol–water partition coefficient (Wildman–Crippen LogP) is 2.07. The Hall–Kier alpha value is -2.71. The molecule has 2 aromatic carbocycles. The SMILES string of the molecule is CN(CC(=O)Nc1ccc(N2CCCC2=O)cc1)S(=O)(=O)c1ccccc1. The molecule has 1 aliphatic rings. The van der Waals surface area contributed by atoms with Crippen LogP contribution in [0.2, 0.25) is 0 Å². The summed E-state index contributed by atoms with van der Waals surface area (Å²) in [5.74, 6) is -0.346. The highest BCUT2D eigenvalue weighted by Crippen LogP contribution is 2.23. The second-order valence-electron chi connectivity index (χ2n) is 6.32. The zero-order chi connectivity index (χ0) is 19.4. The van der Waals surface area contributed by atoms with Crippen LogP contribution in [0, 0.1) is 0 Å². The summed E-state index contributed by atoms with van der Waals surface area (Å²) in [7, 11) is -2.36. The van der Waals surface area contributed by atoms with Crippen molar-refractivity contribution in [2.24, 2.45) is 0 Å². The number of carbonyl (C=O) groups is 2. The Kier molecular flexibility index (Phi) is 5.57. The monoisotopic (exact) mass is 387 g/mol. The van der Waals surface area contributed by atoms with E-state index in [9.17, 15) is 18.0 Å². The van der Waals surface area contributed by atoms with E-state index in [1.165, 1.54) is 19.2 Å². The number of nitrogens with zero attached hydrogens (tertiary/aromatic N) is 2. The molecule has 0 aromatic heterocycles. The molecule has 0 spiro atoms. The van der Waals surface area contributed by atoms with E-state index in [2.05, 4.69) is 5.32 Å². The third-order valence-electron chi connectivity index (χ3n) is 4.35. The Bertz CT molecular complexity index is 927. The number of carbonyl (C=O) groups excluding carboxylic acids is 2. The molecule has 7 nitrogen and oxygen atoms in total. The van der Waals surface area contributed by atoms with Gasteiger partial charge in [-0.1, -0.05) is 18.2 Å². The highest BCUT2D eigenvalue weighted by Gasteiger charge is 2.23. The molecule has 1 heterocycles. The topological polar surface area (TPSA) is 86.8 Å². The molecule has 0 radical (unpaired) electrons. The van der Waals surface area contributed by atoms with Gasteiger partial charge in [-0.2, -0.15) is 4.31 Å². The number of sulfonamides is 1. The van der Waals surface area contributed by atoms with Crippen LogP contribution in [0.25, 0.3) is 0 Å². The summed E-state index contributed by atoms with van der Waals surface area (Å²) in [4.78, 5) is 25.8. The highest BCUT2D eigenvalue weighted by molar-refractivity contribution is 7.89. The minimum atomic E-state index is -3.72. The van der Waals surface area contributed by atoms with Crippen LogP contribution in [0.3, 0.4) is 0 Å². The number of hydrogen-bond donors (Lipinski definition) is 1. The maximum Gasteiger partial charge on any atom is 0.243 e. The molecule has 8 heteroatoms. The van der Waals surface area contributed by atoms with E-state index in [0.29, 0.717) is 18.7 Å². The van der Waals surface area contributed by atoms with Crippen molar-refractivity contribution in [3.8, 4) is 0 Å². The lowest BCUT2D eigenvalue weighted by molar-refractivity contribution is -0.117. The second kappa shape index (κ2) is 7.89.